The molecule has 0 amide bonds. The van der Waals surface area contributed by atoms with Gasteiger partial charge in [-0.15, -0.1) is 24.0 Å². The van der Waals surface area contributed by atoms with E-state index in [1.807, 2.05) is 7.05 Å². The zero-order valence-electron chi connectivity index (χ0n) is 12.6. The molecule has 1 saturated carbocycles. The maximum atomic E-state index is 5.56. The summed E-state index contributed by atoms with van der Waals surface area (Å²) in [7, 11) is 1.82. The van der Waals surface area contributed by atoms with Crippen LogP contribution in [0.25, 0.3) is 0 Å². The molecule has 114 valence electrons. The Morgan fingerprint density at radius 1 is 1.26 bits per heavy atom. The number of hydrogen-bond acceptors (Lipinski definition) is 2. The zero-order chi connectivity index (χ0) is 13.2. The van der Waals surface area contributed by atoms with Crippen LogP contribution in [0.4, 0.5) is 0 Å². The minimum atomic E-state index is 0. The Morgan fingerprint density at radius 3 is 2.53 bits per heavy atom. The minimum Gasteiger partial charge on any atom is -0.380 e. The Hall–Kier alpha value is -0.0400. The van der Waals surface area contributed by atoms with Gasteiger partial charge in [-0.2, -0.15) is 0 Å². The third-order valence-corrected chi connectivity index (χ3v) is 3.30. The summed E-state index contributed by atoms with van der Waals surface area (Å²) in [5, 5.41) is 6.76. The fraction of sp³-hybridized carbons (Fsp3) is 0.929. The van der Waals surface area contributed by atoms with E-state index < -0.39 is 0 Å². The van der Waals surface area contributed by atoms with Crippen LogP contribution in [0.1, 0.15) is 46.0 Å². The first-order valence-corrected chi connectivity index (χ1v) is 7.27. The van der Waals surface area contributed by atoms with Gasteiger partial charge in [0.25, 0.3) is 0 Å². The highest BCUT2D eigenvalue weighted by molar-refractivity contribution is 14.0. The molecule has 2 N–H and O–H groups in total. The Morgan fingerprint density at radius 2 is 1.95 bits per heavy atom. The lowest BCUT2D eigenvalue weighted by molar-refractivity contribution is 0.128. The van der Waals surface area contributed by atoms with E-state index in [-0.39, 0.29) is 24.0 Å². The number of guanidine groups is 1. The molecule has 1 aliphatic carbocycles. The van der Waals surface area contributed by atoms with Gasteiger partial charge >= 0.3 is 0 Å². The monoisotopic (exact) mass is 383 g/mol. The van der Waals surface area contributed by atoms with Crippen molar-refractivity contribution in [1.29, 1.82) is 0 Å². The Kier molecular flexibility index (Phi) is 11.7. The topological polar surface area (TPSA) is 45.7 Å². The standard InChI is InChI=1S/C14H29N3O.HI/c1-12(2)8-10-18-11-9-16-14(15-3)17-13-6-4-5-7-13;/h12-13H,4-11H2,1-3H3,(H2,15,16,17);1H. The van der Waals surface area contributed by atoms with Crippen molar-refractivity contribution in [3.05, 3.63) is 0 Å². The molecule has 0 radical (unpaired) electrons. The second-order valence-corrected chi connectivity index (χ2v) is 5.42. The average Bonchev–Trinajstić information content (AvgIpc) is 2.84. The summed E-state index contributed by atoms with van der Waals surface area (Å²) >= 11 is 0. The Bertz CT molecular complexity index is 241. The molecule has 4 nitrogen and oxygen atoms in total. The van der Waals surface area contributed by atoms with Crippen molar-refractivity contribution in [2.75, 3.05) is 26.8 Å². The van der Waals surface area contributed by atoms with Crippen LogP contribution in [0.5, 0.6) is 0 Å². The first-order valence-electron chi connectivity index (χ1n) is 7.27. The molecule has 0 spiro atoms. The first-order chi connectivity index (χ1) is 8.72. The van der Waals surface area contributed by atoms with Gasteiger partial charge in [0.05, 0.1) is 6.61 Å². The molecule has 0 saturated heterocycles. The summed E-state index contributed by atoms with van der Waals surface area (Å²) in [5.41, 5.74) is 0. The number of nitrogens with zero attached hydrogens (tertiary/aromatic N) is 1. The molecule has 0 aromatic rings. The third kappa shape index (κ3) is 9.49. The summed E-state index contributed by atoms with van der Waals surface area (Å²) in [6, 6.07) is 0.609. The van der Waals surface area contributed by atoms with Gasteiger partial charge in [0.1, 0.15) is 0 Å². The first kappa shape index (κ1) is 19.0. The molecule has 0 atom stereocenters. The van der Waals surface area contributed by atoms with Crippen LogP contribution < -0.4 is 10.6 Å². The molecule has 1 rings (SSSR count). The fourth-order valence-electron chi connectivity index (χ4n) is 2.12. The average molecular weight is 383 g/mol. The summed E-state index contributed by atoms with van der Waals surface area (Å²) in [4.78, 5) is 4.24. The van der Waals surface area contributed by atoms with Gasteiger partial charge in [0.15, 0.2) is 5.96 Å². The highest BCUT2D eigenvalue weighted by Gasteiger charge is 2.15. The van der Waals surface area contributed by atoms with E-state index in [1.165, 1.54) is 25.7 Å². The predicted molar refractivity (Wildman–Crippen MR) is 92.4 cm³/mol. The van der Waals surface area contributed by atoms with E-state index in [1.54, 1.807) is 0 Å². The largest absolute Gasteiger partial charge is 0.380 e. The van der Waals surface area contributed by atoms with Gasteiger partial charge in [0.2, 0.25) is 0 Å². The van der Waals surface area contributed by atoms with Gasteiger partial charge in [-0.1, -0.05) is 26.7 Å². The number of ether oxygens (including phenoxy) is 1. The molecule has 1 fully saturated rings. The summed E-state index contributed by atoms with van der Waals surface area (Å²) in [6.45, 7) is 6.86. The molecule has 0 bridgehead atoms. The Labute approximate surface area is 135 Å². The lowest BCUT2D eigenvalue weighted by Crippen LogP contribution is -2.43. The molecule has 0 aromatic carbocycles. The van der Waals surface area contributed by atoms with Crippen LogP contribution in [0.15, 0.2) is 4.99 Å². The molecular weight excluding hydrogens is 353 g/mol. The molecule has 1 aliphatic rings. The molecule has 0 aliphatic heterocycles. The SMILES string of the molecule is CN=C(NCCOCCC(C)C)NC1CCCC1.I. The highest BCUT2D eigenvalue weighted by Crippen LogP contribution is 2.17. The number of rotatable bonds is 7. The molecule has 5 heteroatoms. The van der Waals surface area contributed by atoms with E-state index in [4.69, 9.17) is 4.74 Å². The summed E-state index contributed by atoms with van der Waals surface area (Å²) in [5.74, 6) is 1.63. The molecule has 0 aromatic heterocycles. The van der Waals surface area contributed by atoms with Crippen molar-refractivity contribution in [3.63, 3.8) is 0 Å². The fourth-order valence-corrected chi connectivity index (χ4v) is 2.12. The van der Waals surface area contributed by atoms with Gasteiger partial charge < -0.3 is 15.4 Å². The summed E-state index contributed by atoms with van der Waals surface area (Å²) in [6.07, 6.45) is 6.35. The van der Waals surface area contributed by atoms with Crippen molar-refractivity contribution >= 4 is 29.9 Å². The van der Waals surface area contributed by atoms with Crippen LogP contribution in [0, 0.1) is 5.92 Å². The van der Waals surface area contributed by atoms with E-state index >= 15 is 0 Å². The minimum absolute atomic E-state index is 0. The van der Waals surface area contributed by atoms with Gasteiger partial charge in [-0.3, -0.25) is 4.99 Å². The quantitative estimate of drug-likeness (QED) is 0.308. The van der Waals surface area contributed by atoms with Crippen LogP contribution in [0.3, 0.4) is 0 Å². The maximum absolute atomic E-state index is 5.56. The van der Waals surface area contributed by atoms with Gasteiger partial charge in [-0.05, 0) is 25.2 Å². The van der Waals surface area contributed by atoms with Crippen LogP contribution in [-0.2, 0) is 4.74 Å². The van der Waals surface area contributed by atoms with Crippen molar-refractivity contribution < 1.29 is 4.74 Å². The maximum Gasteiger partial charge on any atom is 0.191 e. The van der Waals surface area contributed by atoms with Crippen molar-refractivity contribution in [1.82, 2.24) is 10.6 Å². The number of aliphatic imine (C=N–C) groups is 1. The van der Waals surface area contributed by atoms with Crippen molar-refractivity contribution in [3.8, 4) is 0 Å². The van der Waals surface area contributed by atoms with E-state index in [9.17, 15) is 0 Å². The van der Waals surface area contributed by atoms with E-state index in [2.05, 4.69) is 29.5 Å². The third-order valence-electron chi connectivity index (χ3n) is 3.30. The molecule has 0 heterocycles. The predicted octanol–water partition coefficient (Wildman–Crippen LogP) is 2.77. The lowest BCUT2D eigenvalue weighted by atomic mass is 10.1. The van der Waals surface area contributed by atoms with Crippen LogP contribution in [-0.4, -0.2) is 38.8 Å². The number of hydrogen-bond donors (Lipinski definition) is 2. The van der Waals surface area contributed by atoms with Crippen LogP contribution in [0.2, 0.25) is 0 Å². The Balaban J connectivity index is 0.00000324. The van der Waals surface area contributed by atoms with E-state index in [0.717, 1.165) is 38.1 Å². The smallest absolute Gasteiger partial charge is 0.191 e. The molecular formula is C14H30IN3O. The number of halogens is 1. The van der Waals surface area contributed by atoms with Crippen molar-refractivity contribution in [2.24, 2.45) is 10.9 Å². The molecule has 0 unspecified atom stereocenters. The normalized spacial score (nSPS) is 16.5. The van der Waals surface area contributed by atoms with Crippen molar-refractivity contribution in [2.45, 2.75) is 52.0 Å². The van der Waals surface area contributed by atoms with Gasteiger partial charge in [-0.25, -0.2) is 0 Å². The second kappa shape index (κ2) is 11.8. The lowest BCUT2D eigenvalue weighted by Gasteiger charge is -2.16. The zero-order valence-corrected chi connectivity index (χ0v) is 14.9. The van der Waals surface area contributed by atoms with E-state index in [0.29, 0.717) is 6.04 Å². The highest BCUT2D eigenvalue weighted by atomic mass is 127. The van der Waals surface area contributed by atoms with Gasteiger partial charge in [0, 0.05) is 26.2 Å². The second-order valence-electron chi connectivity index (χ2n) is 5.42. The van der Waals surface area contributed by atoms with Crippen LogP contribution >= 0.6 is 24.0 Å². The summed E-state index contributed by atoms with van der Waals surface area (Å²) < 4.78 is 5.56. The molecule has 19 heavy (non-hydrogen) atoms. The number of nitrogens with one attached hydrogen (secondary N) is 2.